The Morgan fingerprint density at radius 1 is 0.971 bits per heavy atom. The second-order valence-electron chi connectivity index (χ2n) is 9.61. The highest BCUT2D eigenvalue weighted by Gasteiger charge is 2.35. The number of ketones is 2. The zero-order valence-corrected chi connectivity index (χ0v) is 20.0. The molecule has 35 heavy (non-hydrogen) atoms. The lowest BCUT2D eigenvalue weighted by Crippen LogP contribution is -2.44. The summed E-state index contributed by atoms with van der Waals surface area (Å²) >= 11 is 0. The first-order valence-electron chi connectivity index (χ1n) is 12.3. The molecule has 0 spiro atoms. The van der Waals surface area contributed by atoms with E-state index in [4.69, 9.17) is 4.74 Å². The van der Waals surface area contributed by atoms with Crippen molar-refractivity contribution >= 4 is 23.4 Å². The van der Waals surface area contributed by atoms with Crippen molar-refractivity contribution in [3.05, 3.63) is 65.7 Å². The fourth-order valence-electron chi connectivity index (χ4n) is 4.17. The van der Waals surface area contributed by atoms with Gasteiger partial charge in [0.05, 0.1) is 13.2 Å². The standard InChI is InChI=1S/C28H32N2O5/c1-35-23-9-5-8-20(16-23)27(33)30-24(15-19-10-11-19)25(31)17-21(14-18-6-3-2-4-7-18)26(32)28(34)29-22-12-13-22/h2-9,16,19,21-22,24H,10-15,17H2,1H3,(H,29,34)(H,30,33)/t21-,24+/m1/s1. The number of carbonyl (C=O) groups is 4. The van der Waals surface area contributed by atoms with Gasteiger partial charge in [0, 0.05) is 23.9 Å². The van der Waals surface area contributed by atoms with Gasteiger partial charge in [-0.25, -0.2) is 0 Å². The van der Waals surface area contributed by atoms with Crippen LogP contribution in [0.5, 0.6) is 5.75 Å². The van der Waals surface area contributed by atoms with Crippen molar-refractivity contribution < 1.29 is 23.9 Å². The van der Waals surface area contributed by atoms with Gasteiger partial charge < -0.3 is 15.4 Å². The average molecular weight is 477 g/mol. The number of hydrogen-bond donors (Lipinski definition) is 2. The van der Waals surface area contributed by atoms with Crippen molar-refractivity contribution in [1.29, 1.82) is 0 Å². The van der Waals surface area contributed by atoms with Gasteiger partial charge >= 0.3 is 0 Å². The monoisotopic (exact) mass is 476 g/mol. The molecule has 0 aliphatic heterocycles. The van der Waals surface area contributed by atoms with Crippen LogP contribution < -0.4 is 15.4 Å². The molecule has 184 valence electrons. The SMILES string of the molecule is COc1cccc(C(=O)N[C@@H](CC2CC2)C(=O)C[C@@H](Cc2ccccc2)C(=O)C(=O)NC2CC2)c1. The minimum atomic E-state index is -0.779. The number of amides is 2. The predicted molar refractivity (Wildman–Crippen MR) is 131 cm³/mol. The van der Waals surface area contributed by atoms with Gasteiger partial charge in [-0.2, -0.15) is 0 Å². The molecule has 0 unspecified atom stereocenters. The van der Waals surface area contributed by atoms with Gasteiger partial charge in [0.25, 0.3) is 11.8 Å². The summed E-state index contributed by atoms with van der Waals surface area (Å²) in [5.41, 5.74) is 1.29. The summed E-state index contributed by atoms with van der Waals surface area (Å²) in [6, 6.07) is 15.5. The molecule has 0 bridgehead atoms. The lowest BCUT2D eigenvalue weighted by Gasteiger charge is -2.21. The number of benzene rings is 2. The number of ether oxygens (including phenoxy) is 1. The van der Waals surface area contributed by atoms with Crippen LogP contribution in [0.1, 0.15) is 54.4 Å². The van der Waals surface area contributed by atoms with E-state index in [9.17, 15) is 19.2 Å². The van der Waals surface area contributed by atoms with Crippen molar-refractivity contribution in [2.75, 3.05) is 7.11 Å². The van der Waals surface area contributed by atoms with E-state index in [0.717, 1.165) is 31.2 Å². The molecule has 0 saturated heterocycles. The highest BCUT2D eigenvalue weighted by molar-refractivity contribution is 6.37. The number of carbonyl (C=O) groups excluding carboxylic acids is 4. The third kappa shape index (κ3) is 7.25. The molecule has 0 aromatic heterocycles. The zero-order valence-electron chi connectivity index (χ0n) is 20.0. The summed E-state index contributed by atoms with van der Waals surface area (Å²) in [5, 5.41) is 5.63. The lowest BCUT2D eigenvalue weighted by atomic mass is 9.87. The molecule has 2 aliphatic rings. The molecule has 2 atom stereocenters. The van der Waals surface area contributed by atoms with Gasteiger partial charge in [0.15, 0.2) is 5.78 Å². The van der Waals surface area contributed by atoms with Crippen LogP contribution in [-0.4, -0.2) is 42.6 Å². The van der Waals surface area contributed by atoms with E-state index in [0.29, 0.717) is 30.1 Å². The van der Waals surface area contributed by atoms with E-state index in [1.807, 2.05) is 30.3 Å². The molecule has 2 N–H and O–H groups in total. The molecule has 0 radical (unpaired) electrons. The Balaban J connectivity index is 1.48. The summed E-state index contributed by atoms with van der Waals surface area (Å²) in [6.07, 6.45) is 4.53. The van der Waals surface area contributed by atoms with E-state index < -0.39 is 23.7 Å². The van der Waals surface area contributed by atoms with Crippen molar-refractivity contribution in [2.24, 2.45) is 11.8 Å². The van der Waals surface area contributed by atoms with Crippen LogP contribution in [0.25, 0.3) is 0 Å². The van der Waals surface area contributed by atoms with E-state index in [-0.39, 0.29) is 24.2 Å². The van der Waals surface area contributed by atoms with Crippen LogP contribution in [0.15, 0.2) is 54.6 Å². The van der Waals surface area contributed by atoms with Crippen molar-refractivity contribution in [2.45, 2.75) is 57.0 Å². The average Bonchev–Trinajstić information content (AvgIpc) is 3.80. The zero-order chi connectivity index (χ0) is 24.8. The molecule has 2 aromatic carbocycles. The molecule has 2 saturated carbocycles. The molecule has 2 amide bonds. The van der Waals surface area contributed by atoms with Gasteiger partial charge in [-0.3, -0.25) is 19.2 Å². The molecule has 2 aliphatic carbocycles. The van der Waals surface area contributed by atoms with Crippen LogP contribution in [0.3, 0.4) is 0 Å². The first kappa shape index (κ1) is 24.6. The topological polar surface area (TPSA) is 102 Å². The number of methoxy groups -OCH3 is 1. The van der Waals surface area contributed by atoms with E-state index in [1.54, 1.807) is 24.3 Å². The van der Waals surface area contributed by atoms with Crippen molar-refractivity contribution in [3.8, 4) is 5.75 Å². The Morgan fingerprint density at radius 2 is 1.71 bits per heavy atom. The van der Waals surface area contributed by atoms with Crippen LogP contribution in [0, 0.1) is 11.8 Å². The Morgan fingerprint density at radius 3 is 2.37 bits per heavy atom. The van der Waals surface area contributed by atoms with Crippen LogP contribution >= 0.6 is 0 Å². The molecule has 7 nitrogen and oxygen atoms in total. The maximum atomic E-state index is 13.4. The molecule has 0 heterocycles. The fraction of sp³-hybridized carbons (Fsp3) is 0.429. The summed E-state index contributed by atoms with van der Waals surface area (Å²) in [7, 11) is 1.53. The summed E-state index contributed by atoms with van der Waals surface area (Å²) in [4.78, 5) is 51.9. The third-order valence-electron chi connectivity index (χ3n) is 6.57. The van der Waals surface area contributed by atoms with Gasteiger partial charge in [-0.15, -0.1) is 0 Å². The maximum absolute atomic E-state index is 13.4. The molecule has 4 rings (SSSR count). The Hall–Kier alpha value is -3.48. The Kier molecular flexibility index (Phi) is 7.95. The maximum Gasteiger partial charge on any atom is 0.287 e. The normalized spacial score (nSPS) is 16.6. The van der Waals surface area contributed by atoms with Crippen LogP contribution in [0.4, 0.5) is 0 Å². The number of rotatable bonds is 13. The Labute approximate surface area is 205 Å². The smallest absolute Gasteiger partial charge is 0.287 e. The highest BCUT2D eigenvalue weighted by Crippen LogP contribution is 2.34. The van der Waals surface area contributed by atoms with Gasteiger partial charge in [-0.1, -0.05) is 49.2 Å². The first-order valence-corrected chi connectivity index (χ1v) is 12.3. The van der Waals surface area contributed by atoms with E-state index in [1.165, 1.54) is 7.11 Å². The number of nitrogens with one attached hydrogen (secondary N) is 2. The lowest BCUT2D eigenvalue weighted by molar-refractivity contribution is -0.141. The van der Waals surface area contributed by atoms with Gasteiger partial charge in [-0.05, 0) is 55.4 Å². The summed E-state index contributed by atoms with van der Waals surface area (Å²) < 4.78 is 5.20. The van der Waals surface area contributed by atoms with Crippen LogP contribution in [0.2, 0.25) is 0 Å². The quantitative estimate of drug-likeness (QED) is 0.432. The second kappa shape index (κ2) is 11.3. The largest absolute Gasteiger partial charge is 0.497 e. The predicted octanol–water partition coefficient (Wildman–Crippen LogP) is 3.26. The number of Topliss-reactive ketones (excluding diaryl/α,β-unsaturated/α-hetero) is 2. The molecule has 2 aromatic rings. The molecule has 7 heteroatoms. The second-order valence-corrected chi connectivity index (χ2v) is 9.61. The molecule has 2 fully saturated rings. The summed E-state index contributed by atoms with van der Waals surface area (Å²) in [6.45, 7) is 0. The van der Waals surface area contributed by atoms with Gasteiger partial charge in [0.1, 0.15) is 5.75 Å². The Bertz CT molecular complexity index is 1080. The van der Waals surface area contributed by atoms with Gasteiger partial charge in [0.2, 0.25) is 5.78 Å². The molecular weight excluding hydrogens is 444 g/mol. The van der Waals surface area contributed by atoms with E-state index >= 15 is 0 Å². The summed E-state index contributed by atoms with van der Waals surface area (Å²) in [5.74, 6) is -1.62. The van der Waals surface area contributed by atoms with Crippen molar-refractivity contribution in [3.63, 3.8) is 0 Å². The minimum Gasteiger partial charge on any atom is -0.497 e. The van der Waals surface area contributed by atoms with E-state index in [2.05, 4.69) is 10.6 Å². The van der Waals surface area contributed by atoms with Crippen molar-refractivity contribution in [1.82, 2.24) is 10.6 Å². The fourth-order valence-corrected chi connectivity index (χ4v) is 4.17. The van der Waals surface area contributed by atoms with Crippen LogP contribution in [-0.2, 0) is 20.8 Å². The third-order valence-corrected chi connectivity index (χ3v) is 6.57. The highest BCUT2D eigenvalue weighted by atomic mass is 16.5. The first-order chi connectivity index (χ1) is 16.9. The number of hydrogen-bond acceptors (Lipinski definition) is 5. The molecular formula is C28H32N2O5. The minimum absolute atomic E-state index is 0.0595.